The minimum absolute atomic E-state index is 0.0209. The summed E-state index contributed by atoms with van der Waals surface area (Å²) in [5.74, 6) is 0. The molecule has 1 aliphatic rings. The molecule has 0 amide bonds. The molecule has 1 saturated heterocycles. The number of ether oxygens (including phenoxy) is 2. The smallest absolute Gasteiger partial charge is 0.0598 e. The summed E-state index contributed by atoms with van der Waals surface area (Å²) < 4.78 is 11.2. The van der Waals surface area contributed by atoms with Crippen LogP contribution in [0.4, 0.5) is 0 Å². The summed E-state index contributed by atoms with van der Waals surface area (Å²) in [5.41, 5.74) is 0.304. The fraction of sp³-hybridized carbons (Fsp3) is 1.00. The maximum atomic E-state index is 5.74. The van der Waals surface area contributed by atoms with Gasteiger partial charge in [-0.1, -0.05) is 15.9 Å². The monoisotopic (exact) mass is 264 g/mol. The lowest BCUT2D eigenvalue weighted by atomic mass is 9.86. The highest BCUT2D eigenvalue weighted by atomic mass is 79.9. The van der Waals surface area contributed by atoms with Crippen LogP contribution in [0.1, 0.15) is 33.6 Å². The number of hydrogen-bond acceptors (Lipinski definition) is 2. The third kappa shape index (κ3) is 3.87. The van der Waals surface area contributed by atoms with Gasteiger partial charge in [0.05, 0.1) is 12.2 Å². The average Bonchev–Trinajstić information content (AvgIpc) is 2.52. The minimum atomic E-state index is -0.0209. The molecule has 0 saturated carbocycles. The SMILES string of the molecule is CC(C)(C)OCCC1(CBr)CCOC1. The van der Waals surface area contributed by atoms with Gasteiger partial charge in [0.1, 0.15) is 0 Å². The summed E-state index contributed by atoms with van der Waals surface area (Å²) in [6.07, 6.45) is 2.25. The third-order valence-electron chi connectivity index (χ3n) is 2.64. The van der Waals surface area contributed by atoms with Crippen LogP contribution in [-0.2, 0) is 9.47 Å². The van der Waals surface area contributed by atoms with Crippen LogP contribution in [0, 0.1) is 5.41 Å². The van der Waals surface area contributed by atoms with Crippen molar-refractivity contribution >= 4 is 15.9 Å². The Morgan fingerprint density at radius 2 is 2.14 bits per heavy atom. The highest BCUT2D eigenvalue weighted by Gasteiger charge is 2.33. The third-order valence-corrected chi connectivity index (χ3v) is 3.83. The van der Waals surface area contributed by atoms with E-state index in [2.05, 4.69) is 36.7 Å². The Hall–Kier alpha value is 0.400. The molecule has 0 N–H and O–H groups in total. The maximum absolute atomic E-state index is 5.74. The fourth-order valence-corrected chi connectivity index (χ4v) is 2.32. The van der Waals surface area contributed by atoms with Gasteiger partial charge in [-0.25, -0.2) is 0 Å². The molecular formula is C11H21BrO2. The first-order valence-corrected chi connectivity index (χ1v) is 6.37. The van der Waals surface area contributed by atoms with Gasteiger partial charge >= 0.3 is 0 Å². The standard InChI is InChI=1S/C11H21BrO2/c1-10(2,3)14-7-5-11(8-12)4-6-13-9-11/h4-9H2,1-3H3. The van der Waals surface area contributed by atoms with Crippen LogP contribution in [0.3, 0.4) is 0 Å². The predicted octanol–water partition coefficient (Wildman–Crippen LogP) is 2.99. The summed E-state index contributed by atoms with van der Waals surface area (Å²) in [6, 6.07) is 0. The quantitative estimate of drug-likeness (QED) is 0.727. The van der Waals surface area contributed by atoms with E-state index in [1.165, 1.54) is 0 Å². The number of alkyl halides is 1. The molecule has 0 aliphatic carbocycles. The summed E-state index contributed by atoms with van der Waals surface area (Å²) in [6.45, 7) is 8.90. The van der Waals surface area contributed by atoms with Crippen molar-refractivity contribution in [1.82, 2.24) is 0 Å². The molecule has 1 heterocycles. The Labute approximate surface area is 95.5 Å². The summed E-state index contributed by atoms with van der Waals surface area (Å²) in [7, 11) is 0. The van der Waals surface area contributed by atoms with Gasteiger partial charge in [-0.3, -0.25) is 0 Å². The Morgan fingerprint density at radius 1 is 1.43 bits per heavy atom. The van der Waals surface area contributed by atoms with Gasteiger partial charge < -0.3 is 9.47 Å². The van der Waals surface area contributed by atoms with E-state index in [9.17, 15) is 0 Å². The molecule has 3 heteroatoms. The zero-order valence-corrected chi connectivity index (χ0v) is 11.0. The molecule has 0 spiro atoms. The second kappa shape index (κ2) is 4.95. The molecule has 14 heavy (non-hydrogen) atoms. The molecule has 1 unspecified atom stereocenters. The molecule has 0 radical (unpaired) electrons. The van der Waals surface area contributed by atoms with Crippen molar-refractivity contribution in [2.24, 2.45) is 5.41 Å². The molecule has 0 bridgehead atoms. The van der Waals surface area contributed by atoms with Crippen LogP contribution in [0.5, 0.6) is 0 Å². The van der Waals surface area contributed by atoms with Gasteiger partial charge in [0, 0.05) is 24.0 Å². The molecule has 2 nitrogen and oxygen atoms in total. The maximum Gasteiger partial charge on any atom is 0.0598 e. The van der Waals surface area contributed by atoms with Crippen LogP contribution in [0.2, 0.25) is 0 Å². The summed E-state index contributed by atoms with van der Waals surface area (Å²) in [4.78, 5) is 0. The molecule has 1 aliphatic heterocycles. The minimum Gasteiger partial charge on any atom is -0.381 e. The van der Waals surface area contributed by atoms with E-state index in [0.29, 0.717) is 5.41 Å². The molecule has 1 fully saturated rings. The van der Waals surface area contributed by atoms with Crippen LogP contribution < -0.4 is 0 Å². The molecule has 1 atom stereocenters. The normalized spacial score (nSPS) is 28.3. The van der Waals surface area contributed by atoms with Crippen LogP contribution in [0.15, 0.2) is 0 Å². The lowest BCUT2D eigenvalue weighted by molar-refractivity contribution is -0.0173. The van der Waals surface area contributed by atoms with Gasteiger partial charge in [-0.2, -0.15) is 0 Å². The number of rotatable bonds is 4. The zero-order chi connectivity index (χ0) is 10.7. The van der Waals surface area contributed by atoms with Crippen molar-refractivity contribution in [2.75, 3.05) is 25.2 Å². The lowest BCUT2D eigenvalue weighted by Crippen LogP contribution is -2.28. The first kappa shape index (κ1) is 12.5. The molecule has 1 rings (SSSR count). The van der Waals surface area contributed by atoms with E-state index in [1.807, 2.05) is 0 Å². The van der Waals surface area contributed by atoms with E-state index in [-0.39, 0.29) is 5.60 Å². The lowest BCUT2D eigenvalue weighted by Gasteiger charge is -2.27. The molecule has 0 aromatic rings. The number of hydrogen-bond donors (Lipinski definition) is 0. The van der Waals surface area contributed by atoms with Crippen molar-refractivity contribution in [3.8, 4) is 0 Å². The van der Waals surface area contributed by atoms with Crippen molar-refractivity contribution in [3.05, 3.63) is 0 Å². The first-order valence-electron chi connectivity index (χ1n) is 5.25. The molecular weight excluding hydrogens is 244 g/mol. The van der Waals surface area contributed by atoms with Crippen molar-refractivity contribution in [3.63, 3.8) is 0 Å². The van der Waals surface area contributed by atoms with E-state index in [0.717, 1.165) is 38.0 Å². The topological polar surface area (TPSA) is 18.5 Å². The highest BCUT2D eigenvalue weighted by Crippen LogP contribution is 2.34. The van der Waals surface area contributed by atoms with E-state index in [4.69, 9.17) is 9.47 Å². The second-order valence-corrected chi connectivity index (χ2v) is 5.71. The second-order valence-electron chi connectivity index (χ2n) is 5.15. The average molecular weight is 265 g/mol. The Bertz CT molecular complexity index is 169. The van der Waals surface area contributed by atoms with Crippen molar-refractivity contribution < 1.29 is 9.47 Å². The number of halogens is 1. The fourth-order valence-electron chi connectivity index (χ4n) is 1.59. The zero-order valence-electron chi connectivity index (χ0n) is 9.44. The van der Waals surface area contributed by atoms with Crippen LogP contribution >= 0.6 is 15.9 Å². The van der Waals surface area contributed by atoms with E-state index < -0.39 is 0 Å². The predicted molar refractivity (Wildman–Crippen MR) is 62.0 cm³/mol. The van der Waals surface area contributed by atoms with E-state index >= 15 is 0 Å². The van der Waals surface area contributed by atoms with Crippen LogP contribution in [0.25, 0.3) is 0 Å². The molecule has 0 aromatic carbocycles. The molecule has 84 valence electrons. The summed E-state index contributed by atoms with van der Waals surface area (Å²) in [5, 5.41) is 1.02. The first-order chi connectivity index (χ1) is 6.47. The largest absolute Gasteiger partial charge is 0.381 e. The Morgan fingerprint density at radius 3 is 2.57 bits per heavy atom. The Kier molecular flexibility index (Phi) is 4.41. The van der Waals surface area contributed by atoms with Gasteiger partial charge in [0.15, 0.2) is 0 Å². The van der Waals surface area contributed by atoms with Crippen molar-refractivity contribution in [2.45, 2.75) is 39.2 Å². The van der Waals surface area contributed by atoms with Crippen LogP contribution in [-0.4, -0.2) is 30.8 Å². The van der Waals surface area contributed by atoms with Gasteiger partial charge in [-0.15, -0.1) is 0 Å². The van der Waals surface area contributed by atoms with E-state index in [1.54, 1.807) is 0 Å². The Balaban J connectivity index is 2.28. The highest BCUT2D eigenvalue weighted by molar-refractivity contribution is 9.09. The van der Waals surface area contributed by atoms with Gasteiger partial charge in [0.2, 0.25) is 0 Å². The van der Waals surface area contributed by atoms with Crippen molar-refractivity contribution in [1.29, 1.82) is 0 Å². The van der Waals surface area contributed by atoms with Gasteiger partial charge in [-0.05, 0) is 33.6 Å². The summed E-state index contributed by atoms with van der Waals surface area (Å²) >= 11 is 3.58. The van der Waals surface area contributed by atoms with Gasteiger partial charge in [0.25, 0.3) is 0 Å². The molecule has 0 aromatic heterocycles.